The summed E-state index contributed by atoms with van der Waals surface area (Å²) in [7, 11) is 3.69. The number of piperidine rings is 1. The van der Waals surface area contributed by atoms with Crippen molar-refractivity contribution in [2.75, 3.05) is 60.2 Å². The van der Waals surface area contributed by atoms with E-state index in [1.165, 1.54) is 0 Å². The van der Waals surface area contributed by atoms with Gasteiger partial charge in [-0.15, -0.1) is 0 Å². The van der Waals surface area contributed by atoms with Crippen LogP contribution < -0.4 is 25.4 Å². The molecule has 16 nitrogen and oxygen atoms in total. The Morgan fingerprint density at radius 2 is 1.73 bits per heavy atom. The first-order valence-electron chi connectivity index (χ1n) is 22.8. The van der Waals surface area contributed by atoms with Gasteiger partial charge in [0, 0.05) is 41.0 Å². The molecule has 2 aliphatic heterocycles. The first-order chi connectivity index (χ1) is 31.4. The molecule has 5 N–H and O–H groups in total. The number of pyridine rings is 1. The van der Waals surface area contributed by atoms with Crippen LogP contribution in [0, 0.1) is 18.8 Å². The Hall–Kier alpha value is -5.73. The Morgan fingerprint density at radius 3 is 2.50 bits per heavy atom. The van der Waals surface area contributed by atoms with Crippen LogP contribution in [0.1, 0.15) is 87.9 Å². The van der Waals surface area contributed by atoms with Crippen molar-refractivity contribution in [2.24, 2.45) is 0 Å². The van der Waals surface area contributed by atoms with Crippen LogP contribution in [0.25, 0.3) is 0 Å². The second kappa shape index (κ2) is 19.6. The molecule has 4 amide bonds. The number of phenols is 1. The maximum atomic E-state index is 13.3. The topological polar surface area (TPSA) is 201 Å². The quantitative estimate of drug-likeness (QED) is 0.0926. The van der Waals surface area contributed by atoms with E-state index in [-0.39, 0.29) is 63.2 Å². The van der Waals surface area contributed by atoms with Crippen molar-refractivity contribution in [3.05, 3.63) is 82.7 Å². The van der Waals surface area contributed by atoms with Gasteiger partial charge in [-0.25, -0.2) is 4.98 Å². The number of carbonyl (C=O) groups is 4. The van der Waals surface area contributed by atoms with Gasteiger partial charge in [0.25, 0.3) is 0 Å². The third-order valence-electron chi connectivity index (χ3n) is 14.1. The number of hydrogen-bond donors (Lipinski definition) is 5. The molecule has 6 unspecified atom stereocenters. The van der Waals surface area contributed by atoms with Crippen molar-refractivity contribution in [1.82, 2.24) is 30.7 Å². The molecule has 66 heavy (non-hydrogen) atoms. The highest BCUT2D eigenvalue weighted by atomic mass is 16.5. The number of benzene rings is 2. The van der Waals surface area contributed by atoms with Gasteiger partial charge in [-0.1, -0.05) is 31.0 Å². The standard InChI is InChI=1S/C50H64N6O10/c1-8-48(5,31-47(3,4)56(7)43(61)30-64-27-40(58)51-22-24-65-36-14-10-12-33(25-36)15-17-35-13-9-11-32(2)52-35)54-42(60)29-63-28-41(59)53-37-19-20-50(62)39-26-34-16-18-38(57)45-44(34)49(50,46(37)66-45)21-23-55(39)6/h9-14,16,18,25,37,39,46,57,62H,8,19-24,26-31H2,1-7H3,(H,51,58)(H,53,59)(H,54,60). The Kier molecular flexibility index (Phi) is 14.3. The zero-order valence-electron chi connectivity index (χ0n) is 39.1. The summed E-state index contributed by atoms with van der Waals surface area (Å²) in [4.78, 5) is 60.3. The molecule has 1 saturated heterocycles. The molecule has 354 valence electrons. The van der Waals surface area contributed by atoms with Crippen molar-refractivity contribution >= 4 is 23.6 Å². The van der Waals surface area contributed by atoms with Gasteiger partial charge in [-0.05, 0) is 128 Å². The van der Waals surface area contributed by atoms with Gasteiger partial charge in [-0.3, -0.25) is 19.2 Å². The molecule has 0 radical (unpaired) electrons. The number of carbonyl (C=O) groups excluding carboxylic acids is 4. The fraction of sp³-hybridized carbons (Fsp3) is 0.540. The molecule has 1 spiro atoms. The van der Waals surface area contributed by atoms with Crippen LogP contribution in [0.3, 0.4) is 0 Å². The molecule has 2 bridgehead atoms. The smallest absolute Gasteiger partial charge is 0.248 e. The number of rotatable bonds is 18. The fourth-order valence-corrected chi connectivity index (χ4v) is 10.6. The molecule has 3 heterocycles. The van der Waals surface area contributed by atoms with Gasteiger partial charge in [0.15, 0.2) is 11.5 Å². The minimum absolute atomic E-state index is 0.0285. The molecule has 2 fully saturated rings. The highest BCUT2D eigenvalue weighted by Gasteiger charge is 2.72. The van der Waals surface area contributed by atoms with Crippen LogP contribution in [0.15, 0.2) is 54.6 Å². The lowest BCUT2D eigenvalue weighted by molar-refractivity contribution is -0.187. The zero-order valence-corrected chi connectivity index (χ0v) is 39.1. The molecule has 1 aromatic heterocycles. The van der Waals surface area contributed by atoms with Crippen LogP contribution in [-0.4, -0.2) is 144 Å². The first-order valence-corrected chi connectivity index (χ1v) is 22.8. The molecule has 6 atom stereocenters. The number of likely N-dealkylation sites (N-methyl/N-ethyl adjacent to an activating group) is 2. The third-order valence-corrected chi connectivity index (χ3v) is 14.1. The normalized spacial score (nSPS) is 23.5. The Labute approximate surface area is 387 Å². The number of aromatic nitrogens is 1. The monoisotopic (exact) mass is 908 g/mol. The van der Waals surface area contributed by atoms with E-state index in [0.29, 0.717) is 55.7 Å². The summed E-state index contributed by atoms with van der Waals surface area (Å²) in [6.45, 7) is 9.38. The maximum Gasteiger partial charge on any atom is 0.248 e. The van der Waals surface area contributed by atoms with E-state index >= 15 is 0 Å². The summed E-state index contributed by atoms with van der Waals surface area (Å²) in [5.41, 5.74) is 0.961. The van der Waals surface area contributed by atoms with Crippen LogP contribution >= 0.6 is 0 Å². The maximum absolute atomic E-state index is 13.3. The second-order valence-electron chi connectivity index (χ2n) is 19.1. The van der Waals surface area contributed by atoms with Crippen molar-refractivity contribution < 1.29 is 48.3 Å². The number of nitrogens with one attached hydrogen (secondary N) is 3. The van der Waals surface area contributed by atoms with Crippen LogP contribution in [0.5, 0.6) is 17.2 Å². The zero-order chi connectivity index (χ0) is 47.4. The molecule has 16 heteroatoms. The van der Waals surface area contributed by atoms with E-state index in [2.05, 4.69) is 37.7 Å². The summed E-state index contributed by atoms with van der Waals surface area (Å²) in [6, 6.07) is 16.0. The lowest BCUT2D eigenvalue weighted by Gasteiger charge is -2.63. The number of phenolic OH excluding ortho intramolecular Hbond substituents is 1. The van der Waals surface area contributed by atoms with Gasteiger partial charge in [0.05, 0.1) is 23.6 Å². The average Bonchev–Trinajstić information content (AvgIpc) is 3.64. The molecular weight excluding hydrogens is 845 g/mol. The lowest BCUT2D eigenvalue weighted by Crippen LogP contribution is -2.77. The van der Waals surface area contributed by atoms with E-state index in [4.69, 9.17) is 18.9 Å². The van der Waals surface area contributed by atoms with Crippen LogP contribution in [0.2, 0.25) is 0 Å². The number of likely N-dealkylation sites (tertiary alicyclic amines) is 1. The van der Waals surface area contributed by atoms with E-state index in [1.807, 2.05) is 90.2 Å². The predicted octanol–water partition coefficient (Wildman–Crippen LogP) is 2.90. The lowest BCUT2D eigenvalue weighted by atomic mass is 9.48. The largest absolute Gasteiger partial charge is 0.504 e. The number of amides is 4. The summed E-state index contributed by atoms with van der Waals surface area (Å²) >= 11 is 0. The Balaban J connectivity index is 0.809. The molecule has 2 aliphatic carbocycles. The van der Waals surface area contributed by atoms with Crippen molar-refractivity contribution in [2.45, 2.75) is 113 Å². The minimum atomic E-state index is -1.08. The number of aromatic hydroxyl groups is 1. The molecular formula is C50H64N6O10. The highest BCUT2D eigenvalue weighted by Crippen LogP contribution is 2.65. The summed E-state index contributed by atoms with van der Waals surface area (Å²) in [5.74, 6) is 5.63. The number of aryl methyl sites for hydroxylation is 1. The van der Waals surface area contributed by atoms with Crippen molar-refractivity contribution in [3.8, 4) is 29.1 Å². The fourth-order valence-electron chi connectivity index (χ4n) is 10.6. The number of ether oxygens (including phenoxy) is 4. The molecule has 3 aromatic rings. The third kappa shape index (κ3) is 10.00. The van der Waals surface area contributed by atoms with Gasteiger partial charge in [0.2, 0.25) is 23.6 Å². The van der Waals surface area contributed by atoms with Crippen molar-refractivity contribution in [1.29, 1.82) is 0 Å². The predicted molar refractivity (Wildman–Crippen MR) is 245 cm³/mol. The van der Waals surface area contributed by atoms with Gasteiger partial charge in [-0.2, -0.15) is 0 Å². The summed E-state index contributed by atoms with van der Waals surface area (Å²) < 4.78 is 23.4. The van der Waals surface area contributed by atoms with Crippen LogP contribution in [-0.2, 0) is 40.5 Å². The molecule has 4 aliphatic rings. The summed E-state index contributed by atoms with van der Waals surface area (Å²) in [5, 5.41) is 32.0. The molecule has 2 aromatic carbocycles. The van der Waals surface area contributed by atoms with E-state index < -0.39 is 46.1 Å². The SMILES string of the molecule is CCC(C)(CC(C)(C)N(C)C(=O)COCC(=O)NCCOc1cccc(C#Cc2cccc(C)n2)c1)NC(=O)COCC(=O)NC1CCC2(O)C3Cc4ccc(O)c5c4C2(CCN3C)C1O5. The van der Waals surface area contributed by atoms with E-state index in [9.17, 15) is 29.4 Å². The second-order valence-corrected chi connectivity index (χ2v) is 19.1. The Bertz CT molecular complexity index is 2380. The van der Waals surface area contributed by atoms with Gasteiger partial charge >= 0.3 is 0 Å². The van der Waals surface area contributed by atoms with Crippen LogP contribution in [0.4, 0.5) is 0 Å². The van der Waals surface area contributed by atoms with E-state index in [1.54, 1.807) is 18.0 Å². The Morgan fingerprint density at radius 1 is 0.985 bits per heavy atom. The molecule has 7 rings (SSSR count). The van der Waals surface area contributed by atoms with Crippen molar-refractivity contribution in [3.63, 3.8) is 0 Å². The number of nitrogens with zero attached hydrogens (tertiary/aromatic N) is 3. The number of aliphatic hydroxyl groups is 1. The summed E-state index contributed by atoms with van der Waals surface area (Å²) in [6.07, 6.45) is 2.57. The van der Waals surface area contributed by atoms with Gasteiger partial charge in [0.1, 0.15) is 50.6 Å². The first kappa shape index (κ1) is 48.2. The number of hydrogen-bond acceptors (Lipinski definition) is 12. The van der Waals surface area contributed by atoms with Gasteiger partial charge < -0.3 is 54.9 Å². The highest BCUT2D eigenvalue weighted by molar-refractivity contribution is 5.81. The van der Waals surface area contributed by atoms with E-state index in [0.717, 1.165) is 28.9 Å². The minimum Gasteiger partial charge on any atom is -0.504 e. The average molecular weight is 909 g/mol. The molecule has 1 saturated carbocycles.